The second kappa shape index (κ2) is 8.58. The van der Waals surface area contributed by atoms with Crippen molar-refractivity contribution < 1.29 is 18.7 Å². The van der Waals surface area contributed by atoms with Gasteiger partial charge in [-0.05, 0) is 43.2 Å². The zero-order chi connectivity index (χ0) is 20.1. The van der Waals surface area contributed by atoms with Crippen LogP contribution in [-0.2, 0) is 6.54 Å². The summed E-state index contributed by atoms with van der Waals surface area (Å²) in [5, 5.41) is 0. The van der Waals surface area contributed by atoms with Crippen molar-refractivity contribution >= 4 is 5.91 Å². The predicted molar refractivity (Wildman–Crippen MR) is 105 cm³/mol. The van der Waals surface area contributed by atoms with Crippen molar-refractivity contribution in [2.24, 2.45) is 0 Å². The summed E-state index contributed by atoms with van der Waals surface area (Å²) in [6.45, 7) is 4.16. The Morgan fingerprint density at radius 3 is 2.54 bits per heavy atom. The van der Waals surface area contributed by atoms with Gasteiger partial charge in [-0.3, -0.25) is 10.2 Å². The molecule has 28 heavy (non-hydrogen) atoms. The van der Waals surface area contributed by atoms with E-state index in [1.165, 1.54) is 0 Å². The quantitative estimate of drug-likeness (QED) is 0.610. The fraction of sp³-hybridized carbons (Fsp3) is 0.238. The largest absolute Gasteiger partial charge is 0.496 e. The van der Waals surface area contributed by atoms with Gasteiger partial charge in [-0.15, -0.1) is 0 Å². The Bertz CT molecular complexity index is 982. The lowest BCUT2D eigenvalue weighted by Gasteiger charge is -2.09. The van der Waals surface area contributed by atoms with Gasteiger partial charge in [0, 0.05) is 6.54 Å². The number of methoxy groups -OCH3 is 2. The third-order valence-corrected chi connectivity index (χ3v) is 4.29. The highest BCUT2D eigenvalue weighted by molar-refractivity contribution is 5.92. The molecule has 0 bridgehead atoms. The molecule has 2 aromatic carbocycles. The van der Waals surface area contributed by atoms with Crippen LogP contribution in [0.5, 0.6) is 11.5 Å². The van der Waals surface area contributed by atoms with E-state index in [4.69, 9.17) is 13.9 Å². The van der Waals surface area contributed by atoms with Crippen LogP contribution in [0.15, 0.2) is 46.9 Å². The van der Waals surface area contributed by atoms with Crippen LogP contribution in [0, 0.1) is 13.8 Å². The minimum atomic E-state index is -0.392. The average molecular weight is 381 g/mol. The summed E-state index contributed by atoms with van der Waals surface area (Å²) < 4.78 is 16.3. The van der Waals surface area contributed by atoms with Gasteiger partial charge in [0.1, 0.15) is 11.5 Å². The zero-order valence-electron chi connectivity index (χ0n) is 16.3. The van der Waals surface area contributed by atoms with E-state index in [2.05, 4.69) is 15.8 Å². The van der Waals surface area contributed by atoms with Gasteiger partial charge in [-0.25, -0.2) is 10.4 Å². The van der Waals surface area contributed by atoms with Crippen LogP contribution in [0.25, 0.3) is 11.5 Å². The van der Waals surface area contributed by atoms with E-state index in [-0.39, 0.29) is 5.76 Å². The topological polar surface area (TPSA) is 85.6 Å². The number of oxazole rings is 1. The molecular weight excluding hydrogens is 358 g/mol. The Hall–Kier alpha value is -3.32. The van der Waals surface area contributed by atoms with Gasteiger partial charge < -0.3 is 13.9 Å². The molecule has 7 heteroatoms. The lowest BCUT2D eigenvalue weighted by atomic mass is 10.1. The van der Waals surface area contributed by atoms with Crippen LogP contribution >= 0.6 is 0 Å². The predicted octanol–water partition coefficient (Wildman–Crippen LogP) is 3.41. The first kappa shape index (κ1) is 19.4. The molecule has 0 aliphatic carbocycles. The number of carbonyl (C=O) groups is 1. The van der Waals surface area contributed by atoms with E-state index in [0.29, 0.717) is 29.4 Å². The zero-order valence-corrected chi connectivity index (χ0v) is 16.3. The number of para-hydroxylation sites is 1. The van der Waals surface area contributed by atoms with Gasteiger partial charge in [-0.2, -0.15) is 0 Å². The number of carbonyl (C=O) groups excluding carboxylic acids is 1. The number of ether oxygens (including phenoxy) is 2. The highest BCUT2D eigenvalue weighted by Gasteiger charge is 2.20. The Balaban J connectivity index is 1.66. The second-order valence-electron chi connectivity index (χ2n) is 6.25. The first-order valence-corrected chi connectivity index (χ1v) is 8.81. The lowest BCUT2D eigenvalue weighted by Crippen LogP contribution is -2.36. The van der Waals surface area contributed by atoms with Gasteiger partial charge in [0.15, 0.2) is 0 Å². The normalized spacial score (nSPS) is 10.6. The molecule has 0 fully saturated rings. The van der Waals surface area contributed by atoms with Crippen molar-refractivity contribution in [1.82, 2.24) is 15.8 Å². The van der Waals surface area contributed by atoms with Crippen LogP contribution in [0.1, 0.15) is 27.4 Å². The summed E-state index contributed by atoms with van der Waals surface area (Å²) in [6, 6.07) is 13.2. The van der Waals surface area contributed by atoms with E-state index >= 15 is 0 Å². The minimum Gasteiger partial charge on any atom is -0.496 e. The van der Waals surface area contributed by atoms with E-state index in [1.807, 2.05) is 49.4 Å². The molecule has 0 saturated heterocycles. The molecule has 1 aromatic heterocycles. The Labute approximate surface area is 163 Å². The monoisotopic (exact) mass is 381 g/mol. The third kappa shape index (κ3) is 4.15. The maximum atomic E-state index is 12.5. The van der Waals surface area contributed by atoms with E-state index in [1.54, 1.807) is 21.1 Å². The maximum Gasteiger partial charge on any atom is 0.303 e. The number of hydrogen-bond acceptors (Lipinski definition) is 6. The fourth-order valence-electron chi connectivity index (χ4n) is 2.88. The molecule has 2 N–H and O–H groups in total. The van der Waals surface area contributed by atoms with Crippen molar-refractivity contribution in [1.29, 1.82) is 0 Å². The number of amides is 1. The SMILES string of the molecule is COc1ccc(CNNC(=O)c2oc(-c3ccccc3OC)nc2C)cc1C. The summed E-state index contributed by atoms with van der Waals surface area (Å²) in [4.78, 5) is 16.8. The van der Waals surface area contributed by atoms with Crippen molar-refractivity contribution in [3.8, 4) is 23.0 Å². The molecule has 0 saturated carbocycles. The molecule has 3 aromatic rings. The van der Waals surface area contributed by atoms with Gasteiger partial charge in [0.05, 0.1) is 25.5 Å². The third-order valence-electron chi connectivity index (χ3n) is 4.29. The number of hydrazine groups is 1. The van der Waals surface area contributed by atoms with E-state index in [9.17, 15) is 4.79 Å². The molecule has 0 aliphatic rings. The first-order chi connectivity index (χ1) is 13.5. The highest BCUT2D eigenvalue weighted by Crippen LogP contribution is 2.30. The molecule has 0 radical (unpaired) electrons. The van der Waals surface area contributed by atoms with Gasteiger partial charge >= 0.3 is 5.91 Å². The van der Waals surface area contributed by atoms with Crippen molar-refractivity contribution in [2.75, 3.05) is 14.2 Å². The number of rotatable bonds is 7. The van der Waals surface area contributed by atoms with Gasteiger partial charge in [-0.1, -0.05) is 24.3 Å². The summed E-state index contributed by atoms with van der Waals surface area (Å²) in [7, 11) is 3.21. The van der Waals surface area contributed by atoms with E-state index in [0.717, 1.165) is 16.9 Å². The maximum absolute atomic E-state index is 12.5. The molecule has 0 unspecified atom stereocenters. The number of hydrogen-bond donors (Lipinski definition) is 2. The summed E-state index contributed by atoms with van der Waals surface area (Å²) >= 11 is 0. The highest BCUT2D eigenvalue weighted by atomic mass is 16.5. The standard InChI is InChI=1S/C21H23N3O4/c1-13-11-15(9-10-17(13)26-3)12-22-24-20(25)19-14(2)23-21(28-19)16-7-5-6-8-18(16)27-4/h5-11,22H,12H2,1-4H3,(H,24,25). The Morgan fingerprint density at radius 2 is 1.82 bits per heavy atom. The fourth-order valence-corrected chi connectivity index (χ4v) is 2.88. The number of nitrogens with one attached hydrogen (secondary N) is 2. The second-order valence-corrected chi connectivity index (χ2v) is 6.25. The number of aryl methyl sites for hydroxylation is 2. The van der Waals surface area contributed by atoms with Crippen LogP contribution in [0.2, 0.25) is 0 Å². The summed E-state index contributed by atoms with van der Waals surface area (Å²) in [5.74, 6) is 1.55. The molecule has 1 amide bonds. The van der Waals surface area contributed by atoms with Crippen molar-refractivity contribution in [2.45, 2.75) is 20.4 Å². The molecule has 146 valence electrons. The van der Waals surface area contributed by atoms with Crippen LogP contribution in [0.3, 0.4) is 0 Å². The number of aromatic nitrogens is 1. The van der Waals surface area contributed by atoms with Crippen molar-refractivity contribution in [3.63, 3.8) is 0 Å². The Morgan fingerprint density at radius 1 is 1.07 bits per heavy atom. The van der Waals surface area contributed by atoms with Crippen molar-refractivity contribution in [3.05, 3.63) is 65.0 Å². The minimum absolute atomic E-state index is 0.152. The first-order valence-electron chi connectivity index (χ1n) is 8.81. The molecular formula is C21H23N3O4. The number of benzene rings is 2. The van der Waals surface area contributed by atoms with Crippen LogP contribution in [0.4, 0.5) is 0 Å². The van der Waals surface area contributed by atoms with Gasteiger partial charge in [0.25, 0.3) is 0 Å². The lowest BCUT2D eigenvalue weighted by molar-refractivity contribution is 0.0904. The van der Waals surface area contributed by atoms with Crippen LogP contribution in [-0.4, -0.2) is 25.1 Å². The molecule has 1 heterocycles. The molecule has 0 aliphatic heterocycles. The molecule has 0 spiro atoms. The molecule has 3 rings (SSSR count). The summed E-state index contributed by atoms with van der Waals surface area (Å²) in [5.41, 5.74) is 8.79. The Kier molecular flexibility index (Phi) is 5.96. The number of nitrogens with zero attached hydrogens (tertiary/aromatic N) is 1. The van der Waals surface area contributed by atoms with Gasteiger partial charge in [0.2, 0.25) is 11.7 Å². The molecule has 7 nitrogen and oxygen atoms in total. The molecule has 0 atom stereocenters. The van der Waals surface area contributed by atoms with E-state index < -0.39 is 5.91 Å². The smallest absolute Gasteiger partial charge is 0.303 e. The average Bonchev–Trinajstić information content (AvgIpc) is 3.09. The van der Waals surface area contributed by atoms with Crippen LogP contribution < -0.4 is 20.3 Å². The summed E-state index contributed by atoms with van der Waals surface area (Å²) in [6.07, 6.45) is 0.